The second-order valence-corrected chi connectivity index (χ2v) is 4.54. The van der Waals surface area contributed by atoms with E-state index in [4.69, 9.17) is 4.74 Å². The molecule has 0 amide bonds. The van der Waals surface area contributed by atoms with E-state index in [0.717, 1.165) is 6.20 Å². The van der Waals surface area contributed by atoms with Gasteiger partial charge in [-0.15, -0.1) is 0 Å². The van der Waals surface area contributed by atoms with Gasteiger partial charge in [-0.3, -0.25) is 14.7 Å². The SMILES string of the molecule is CCOC(=O)CC(C)(c1cncc(F)c1)N(C)C. The summed E-state index contributed by atoms with van der Waals surface area (Å²) in [4.78, 5) is 17.4. The van der Waals surface area contributed by atoms with E-state index >= 15 is 0 Å². The van der Waals surface area contributed by atoms with E-state index in [9.17, 15) is 9.18 Å². The van der Waals surface area contributed by atoms with E-state index < -0.39 is 11.4 Å². The van der Waals surface area contributed by atoms with Gasteiger partial charge in [-0.05, 0) is 39.6 Å². The minimum Gasteiger partial charge on any atom is -0.466 e. The minimum atomic E-state index is -0.638. The number of hydrogen-bond donors (Lipinski definition) is 0. The number of pyridine rings is 1. The monoisotopic (exact) mass is 254 g/mol. The first-order valence-corrected chi connectivity index (χ1v) is 5.84. The lowest BCUT2D eigenvalue weighted by atomic mass is 9.88. The Morgan fingerprint density at radius 3 is 2.67 bits per heavy atom. The molecule has 0 saturated heterocycles. The molecular weight excluding hydrogens is 235 g/mol. The molecule has 1 rings (SSSR count). The standard InChI is InChI=1S/C13H19FN2O2/c1-5-18-12(17)7-13(2,16(3)4)10-6-11(14)9-15-8-10/h6,8-9H,5,7H2,1-4H3. The number of ether oxygens (including phenoxy) is 1. The Kier molecular flexibility index (Phi) is 4.78. The zero-order valence-corrected chi connectivity index (χ0v) is 11.2. The normalized spacial score (nSPS) is 14.3. The molecule has 0 saturated carbocycles. The summed E-state index contributed by atoms with van der Waals surface area (Å²) in [6.45, 7) is 3.96. The van der Waals surface area contributed by atoms with Crippen LogP contribution in [0.4, 0.5) is 4.39 Å². The molecule has 0 spiro atoms. The molecule has 0 aliphatic rings. The molecule has 0 aliphatic carbocycles. The van der Waals surface area contributed by atoms with Gasteiger partial charge >= 0.3 is 5.97 Å². The first kappa shape index (κ1) is 14.6. The minimum absolute atomic E-state index is 0.152. The van der Waals surface area contributed by atoms with Crippen LogP contribution in [0, 0.1) is 5.82 Å². The highest BCUT2D eigenvalue weighted by molar-refractivity contribution is 5.71. The van der Waals surface area contributed by atoms with Crippen LogP contribution in [0.2, 0.25) is 0 Å². The van der Waals surface area contributed by atoms with Gasteiger partial charge < -0.3 is 4.74 Å². The predicted molar refractivity (Wildman–Crippen MR) is 66.5 cm³/mol. The Balaban J connectivity index is 3.04. The maximum absolute atomic E-state index is 13.2. The second kappa shape index (κ2) is 5.91. The number of hydrogen-bond acceptors (Lipinski definition) is 4. The lowest BCUT2D eigenvalue weighted by Crippen LogP contribution is -2.41. The summed E-state index contributed by atoms with van der Waals surface area (Å²) >= 11 is 0. The summed E-state index contributed by atoms with van der Waals surface area (Å²) in [5.41, 5.74) is 0.0157. The topological polar surface area (TPSA) is 42.4 Å². The highest BCUT2D eigenvalue weighted by Crippen LogP contribution is 2.30. The molecule has 0 aliphatic heterocycles. The number of halogens is 1. The third-order valence-corrected chi connectivity index (χ3v) is 3.11. The van der Waals surface area contributed by atoms with Crippen molar-refractivity contribution in [3.63, 3.8) is 0 Å². The molecule has 0 fully saturated rings. The lowest BCUT2D eigenvalue weighted by molar-refractivity contribution is -0.146. The molecule has 100 valence electrons. The van der Waals surface area contributed by atoms with Crippen molar-refractivity contribution in [1.29, 1.82) is 0 Å². The van der Waals surface area contributed by atoms with Gasteiger partial charge in [0.15, 0.2) is 0 Å². The summed E-state index contributed by atoms with van der Waals surface area (Å²) in [5, 5.41) is 0. The van der Waals surface area contributed by atoms with Gasteiger partial charge in [0, 0.05) is 6.20 Å². The summed E-state index contributed by atoms with van der Waals surface area (Å²) in [5.74, 6) is -0.720. The average molecular weight is 254 g/mol. The van der Waals surface area contributed by atoms with Gasteiger partial charge in [0.1, 0.15) is 5.82 Å². The molecule has 18 heavy (non-hydrogen) atoms. The van der Waals surface area contributed by atoms with Crippen molar-refractivity contribution in [1.82, 2.24) is 9.88 Å². The maximum atomic E-state index is 13.2. The third-order valence-electron chi connectivity index (χ3n) is 3.11. The van der Waals surface area contributed by atoms with Crippen molar-refractivity contribution in [3.05, 3.63) is 29.8 Å². The summed E-state index contributed by atoms with van der Waals surface area (Å²) in [7, 11) is 3.67. The highest BCUT2D eigenvalue weighted by Gasteiger charge is 2.33. The average Bonchev–Trinajstić information content (AvgIpc) is 2.28. The fourth-order valence-corrected chi connectivity index (χ4v) is 1.72. The zero-order valence-electron chi connectivity index (χ0n) is 11.2. The second-order valence-electron chi connectivity index (χ2n) is 4.54. The fraction of sp³-hybridized carbons (Fsp3) is 0.538. The van der Waals surface area contributed by atoms with Crippen LogP contribution in [0.25, 0.3) is 0 Å². The number of aromatic nitrogens is 1. The zero-order chi connectivity index (χ0) is 13.8. The molecule has 0 radical (unpaired) electrons. The molecule has 0 aromatic carbocycles. The Bertz CT molecular complexity index is 423. The molecule has 1 atom stereocenters. The fourth-order valence-electron chi connectivity index (χ4n) is 1.72. The molecule has 1 unspecified atom stereocenters. The first-order valence-electron chi connectivity index (χ1n) is 5.84. The van der Waals surface area contributed by atoms with Crippen molar-refractivity contribution < 1.29 is 13.9 Å². The molecule has 5 heteroatoms. The van der Waals surface area contributed by atoms with E-state index in [1.165, 1.54) is 6.07 Å². The Hall–Kier alpha value is -1.49. The Morgan fingerprint density at radius 2 is 2.17 bits per heavy atom. The van der Waals surface area contributed by atoms with Gasteiger partial charge in [-0.2, -0.15) is 0 Å². The van der Waals surface area contributed by atoms with Crippen LogP contribution in [0.3, 0.4) is 0 Å². The van der Waals surface area contributed by atoms with E-state index in [2.05, 4.69) is 4.98 Å². The third kappa shape index (κ3) is 3.26. The Labute approximate surface area is 107 Å². The molecule has 4 nitrogen and oxygen atoms in total. The summed E-state index contributed by atoms with van der Waals surface area (Å²) in [6, 6.07) is 1.40. The number of esters is 1. The van der Waals surface area contributed by atoms with Crippen LogP contribution in [0.1, 0.15) is 25.8 Å². The van der Waals surface area contributed by atoms with Crippen LogP contribution in [-0.2, 0) is 15.1 Å². The molecule has 1 aromatic rings. The van der Waals surface area contributed by atoms with E-state index in [0.29, 0.717) is 12.2 Å². The van der Waals surface area contributed by atoms with Crippen LogP contribution in [0.5, 0.6) is 0 Å². The quantitative estimate of drug-likeness (QED) is 0.753. The van der Waals surface area contributed by atoms with Crippen molar-refractivity contribution >= 4 is 5.97 Å². The molecule has 1 aromatic heterocycles. The largest absolute Gasteiger partial charge is 0.466 e. The van der Waals surface area contributed by atoms with Crippen LogP contribution in [0.15, 0.2) is 18.5 Å². The van der Waals surface area contributed by atoms with Crippen molar-refractivity contribution in [2.45, 2.75) is 25.8 Å². The first-order chi connectivity index (χ1) is 8.40. The smallest absolute Gasteiger partial charge is 0.308 e. The van der Waals surface area contributed by atoms with E-state index in [1.807, 2.05) is 25.9 Å². The van der Waals surface area contributed by atoms with Gasteiger partial charge in [-0.1, -0.05) is 0 Å². The maximum Gasteiger partial charge on any atom is 0.308 e. The van der Waals surface area contributed by atoms with E-state index in [-0.39, 0.29) is 12.4 Å². The number of nitrogens with zero attached hydrogens (tertiary/aromatic N) is 2. The van der Waals surface area contributed by atoms with Gasteiger partial charge in [0.05, 0.1) is 24.8 Å². The predicted octanol–water partition coefficient (Wildman–Crippen LogP) is 1.95. The van der Waals surface area contributed by atoms with Crippen molar-refractivity contribution in [2.75, 3.05) is 20.7 Å². The van der Waals surface area contributed by atoms with Crippen LogP contribution < -0.4 is 0 Å². The van der Waals surface area contributed by atoms with Crippen LogP contribution >= 0.6 is 0 Å². The number of carbonyl (C=O) groups is 1. The number of rotatable bonds is 5. The van der Waals surface area contributed by atoms with Gasteiger partial charge in [0.2, 0.25) is 0 Å². The summed E-state index contributed by atoms with van der Waals surface area (Å²) in [6.07, 6.45) is 2.87. The van der Waals surface area contributed by atoms with E-state index in [1.54, 1.807) is 13.1 Å². The molecule has 0 bridgehead atoms. The summed E-state index contributed by atoms with van der Waals surface area (Å²) < 4.78 is 18.2. The Morgan fingerprint density at radius 1 is 1.50 bits per heavy atom. The highest BCUT2D eigenvalue weighted by atomic mass is 19.1. The van der Waals surface area contributed by atoms with Crippen LogP contribution in [-0.4, -0.2) is 36.6 Å². The lowest BCUT2D eigenvalue weighted by Gasteiger charge is -2.35. The van der Waals surface area contributed by atoms with Crippen molar-refractivity contribution in [3.8, 4) is 0 Å². The van der Waals surface area contributed by atoms with Crippen molar-refractivity contribution in [2.24, 2.45) is 0 Å². The molecular formula is C13H19FN2O2. The molecule has 0 N–H and O–H groups in total. The number of carbonyl (C=O) groups excluding carboxylic acids is 1. The van der Waals surface area contributed by atoms with Gasteiger partial charge in [0.25, 0.3) is 0 Å². The molecule has 1 heterocycles. The van der Waals surface area contributed by atoms with Gasteiger partial charge in [-0.25, -0.2) is 4.39 Å².